The standard InChI is InChI=1S/C18H19BrN2O3S/c1-14-4-2-5-15(12-14)18(22)20-8-10-21(11-9-20)25(23,24)17-7-3-6-16(19)13-17/h2-7,12-13H,8-11H2,1H3. The predicted octanol–water partition coefficient (Wildman–Crippen LogP) is 2.90. The minimum atomic E-state index is -3.54. The molecule has 1 fully saturated rings. The lowest BCUT2D eigenvalue weighted by atomic mass is 10.1. The van der Waals surface area contributed by atoms with Crippen molar-refractivity contribution >= 4 is 31.9 Å². The summed E-state index contributed by atoms with van der Waals surface area (Å²) in [7, 11) is -3.54. The maximum Gasteiger partial charge on any atom is 0.253 e. The van der Waals surface area contributed by atoms with Crippen LogP contribution in [0.5, 0.6) is 0 Å². The molecule has 132 valence electrons. The molecule has 1 amide bonds. The smallest absolute Gasteiger partial charge is 0.253 e. The number of sulfonamides is 1. The summed E-state index contributed by atoms with van der Waals surface area (Å²) in [6, 6.07) is 14.1. The molecular formula is C18H19BrN2O3S. The summed E-state index contributed by atoms with van der Waals surface area (Å²) in [5.41, 5.74) is 1.67. The first-order valence-corrected chi connectivity index (χ1v) is 10.2. The second kappa shape index (κ2) is 7.27. The zero-order chi connectivity index (χ0) is 18.0. The first-order chi connectivity index (χ1) is 11.9. The molecule has 0 atom stereocenters. The molecule has 1 aliphatic rings. The van der Waals surface area contributed by atoms with Crippen LogP contribution in [0.2, 0.25) is 0 Å². The molecule has 0 N–H and O–H groups in total. The fourth-order valence-electron chi connectivity index (χ4n) is 2.87. The van der Waals surface area contributed by atoms with Gasteiger partial charge in [-0.25, -0.2) is 8.42 Å². The SMILES string of the molecule is Cc1cccc(C(=O)N2CCN(S(=O)(=O)c3cccc(Br)c3)CC2)c1. The molecule has 0 aromatic heterocycles. The van der Waals surface area contributed by atoms with Crippen molar-refractivity contribution in [3.63, 3.8) is 0 Å². The van der Waals surface area contributed by atoms with Gasteiger partial charge in [0.05, 0.1) is 4.90 Å². The summed E-state index contributed by atoms with van der Waals surface area (Å²) in [6.07, 6.45) is 0. The second-order valence-corrected chi connectivity index (χ2v) is 8.88. The third kappa shape index (κ3) is 3.94. The van der Waals surface area contributed by atoms with Crippen LogP contribution in [-0.2, 0) is 10.0 Å². The maximum absolute atomic E-state index is 12.7. The van der Waals surface area contributed by atoms with Crippen molar-refractivity contribution < 1.29 is 13.2 Å². The van der Waals surface area contributed by atoms with Gasteiger partial charge in [-0.1, -0.05) is 39.7 Å². The molecule has 7 heteroatoms. The summed E-state index contributed by atoms with van der Waals surface area (Å²) < 4.78 is 27.6. The number of nitrogens with zero attached hydrogens (tertiary/aromatic N) is 2. The fraction of sp³-hybridized carbons (Fsp3) is 0.278. The average molecular weight is 423 g/mol. The Morgan fingerprint density at radius 3 is 2.32 bits per heavy atom. The van der Waals surface area contributed by atoms with Crippen LogP contribution in [0.4, 0.5) is 0 Å². The Labute approximate surface area is 156 Å². The van der Waals surface area contributed by atoms with Crippen LogP contribution in [-0.4, -0.2) is 49.7 Å². The zero-order valence-electron chi connectivity index (χ0n) is 13.9. The van der Waals surface area contributed by atoms with E-state index in [9.17, 15) is 13.2 Å². The molecule has 0 spiro atoms. The number of carbonyl (C=O) groups excluding carboxylic acids is 1. The van der Waals surface area contributed by atoms with Gasteiger partial charge in [0.15, 0.2) is 0 Å². The van der Waals surface area contributed by atoms with Gasteiger partial charge in [-0.2, -0.15) is 4.31 Å². The summed E-state index contributed by atoms with van der Waals surface area (Å²) in [5, 5.41) is 0. The van der Waals surface area contributed by atoms with E-state index < -0.39 is 10.0 Å². The number of carbonyl (C=O) groups is 1. The van der Waals surface area contributed by atoms with Crippen molar-refractivity contribution in [2.24, 2.45) is 0 Å². The Kier molecular flexibility index (Phi) is 5.27. The van der Waals surface area contributed by atoms with E-state index >= 15 is 0 Å². The zero-order valence-corrected chi connectivity index (χ0v) is 16.3. The number of hydrogen-bond donors (Lipinski definition) is 0. The lowest BCUT2D eigenvalue weighted by Gasteiger charge is -2.34. The maximum atomic E-state index is 12.7. The highest BCUT2D eigenvalue weighted by Gasteiger charge is 2.30. The molecule has 3 rings (SSSR count). The Balaban J connectivity index is 1.70. The number of amides is 1. The van der Waals surface area contributed by atoms with E-state index in [0.29, 0.717) is 31.7 Å². The monoisotopic (exact) mass is 422 g/mol. The van der Waals surface area contributed by atoms with Gasteiger partial charge >= 0.3 is 0 Å². The van der Waals surface area contributed by atoms with Crippen molar-refractivity contribution in [2.75, 3.05) is 26.2 Å². The van der Waals surface area contributed by atoms with E-state index in [1.807, 2.05) is 25.1 Å². The summed E-state index contributed by atoms with van der Waals surface area (Å²) in [5.74, 6) is -0.0526. The Hall–Kier alpha value is -1.70. The lowest BCUT2D eigenvalue weighted by molar-refractivity contribution is 0.0698. The first kappa shape index (κ1) is 18.1. The van der Waals surface area contributed by atoms with Crippen molar-refractivity contribution in [1.82, 2.24) is 9.21 Å². The highest BCUT2D eigenvalue weighted by molar-refractivity contribution is 9.10. The summed E-state index contributed by atoms with van der Waals surface area (Å²) in [4.78, 5) is 14.5. The molecular weight excluding hydrogens is 404 g/mol. The molecule has 0 radical (unpaired) electrons. The molecule has 1 heterocycles. The van der Waals surface area contributed by atoms with Gasteiger partial charge in [0.25, 0.3) is 5.91 Å². The molecule has 5 nitrogen and oxygen atoms in total. The van der Waals surface area contributed by atoms with Gasteiger partial charge in [-0.3, -0.25) is 4.79 Å². The van der Waals surface area contributed by atoms with Gasteiger partial charge in [0.1, 0.15) is 0 Å². The number of hydrogen-bond acceptors (Lipinski definition) is 3. The molecule has 0 saturated carbocycles. The lowest BCUT2D eigenvalue weighted by Crippen LogP contribution is -2.50. The van der Waals surface area contributed by atoms with E-state index in [1.165, 1.54) is 4.31 Å². The van der Waals surface area contributed by atoms with Crippen LogP contribution in [0, 0.1) is 6.92 Å². The van der Waals surface area contributed by atoms with E-state index in [4.69, 9.17) is 0 Å². The highest BCUT2D eigenvalue weighted by Crippen LogP contribution is 2.21. The molecule has 2 aromatic carbocycles. The van der Waals surface area contributed by atoms with Crippen LogP contribution >= 0.6 is 15.9 Å². The first-order valence-electron chi connectivity index (χ1n) is 7.99. The van der Waals surface area contributed by atoms with Gasteiger partial charge in [0, 0.05) is 36.2 Å². The largest absolute Gasteiger partial charge is 0.336 e. The van der Waals surface area contributed by atoms with Crippen LogP contribution in [0.15, 0.2) is 57.9 Å². The molecule has 2 aromatic rings. The van der Waals surface area contributed by atoms with Crippen LogP contribution in [0.1, 0.15) is 15.9 Å². The molecule has 0 aliphatic carbocycles. The van der Waals surface area contributed by atoms with Crippen LogP contribution < -0.4 is 0 Å². The number of piperazine rings is 1. The summed E-state index contributed by atoms with van der Waals surface area (Å²) >= 11 is 3.30. The molecule has 0 unspecified atom stereocenters. The third-order valence-corrected chi connectivity index (χ3v) is 6.61. The number of halogens is 1. The van der Waals surface area contributed by atoms with E-state index in [2.05, 4.69) is 15.9 Å². The van der Waals surface area contributed by atoms with Crippen LogP contribution in [0.25, 0.3) is 0 Å². The predicted molar refractivity (Wildman–Crippen MR) is 100.0 cm³/mol. The van der Waals surface area contributed by atoms with Crippen molar-refractivity contribution in [3.8, 4) is 0 Å². The fourth-order valence-corrected chi connectivity index (χ4v) is 4.89. The van der Waals surface area contributed by atoms with Crippen molar-refractivity contribution in [2.45, 2.75) is 11.8 Å². The molecule has 25 heavy (non-hydrogen) atoms. The Morgan fingerprint density at radius 2 is 1.68 bits per heavy atom. The van der Waals surface area contributed by atoms with E-state index in [1.54, 1.807) is 35.2 Å². The highest BCUT2D eigenvalue weighted by atomic mass is 79.9. The number of aryl methyl sites for hydroxylation is 1. The number of rotatable bonds is 3. The van der Waals surface area contributed by atoms with Gasteiger partial charge in [-0.15, -0.1) is 0 Å². The average Bonchev–Trinajstić information content (AvgIpc) is 2.61. The minimum Gasteiger partial charge on any atom is -0.336 e. The molecule has 1 saturated heterocycles. The second-order valence-electron chi connectivity index (χ2n) is 6.02. The minimum absolute atomic E-state index is 0.0526. The van der Waals surface area contributed by atoms with E-state index in [-0.39, 0.29) is 10.8 Å². The number of benzene rings is 2. The normalized spacial score (nSPS) is 16.0. The van der Waals surface area contributed by atoms with Gasteiger partial charge in [-0.05, 0) is 37.3 Å². The third-order valence-electron chi connectivity index (χ3n) is 4.22. The molecule has 1 aliphatic heterocycles. The van der Waals surface area contributed by atoms with Crippen molar-refractivity contribution in [3.05, 3.63) is 64.1 Å². The summed E-state index contributed by atoms with van der Waals surface area (Å²) in [6.45, 7) is 3.32. The quantitative estimate of drug-likeness (QED) is 0.763. The van der Waals surface area contributed by atoms with Crippen LogP contribution in [0.3, 0.4) is 0 Å². The van der Waals surface area contributed by atoms with E-state index in [0.717, 1.165) is 10.0 Å². The van der Waals surface area contributed by atoms with Gasteiger partial charge < -0.3 is 4.90 Å². The molecule has 0 bridgehead atoms. The van der Waals surface area contributed by atoms with Crippen molar-refractivity contribution in [1.29, 1.82) is 0 Å². The topological polar surface area (TPSA) is 57.7 Å². The Morgan fingerprint density at radius 1 is 1.00 bits per heavy atom. The van der Waals surface area contributed by atoms with Gasteiger partial charge in [0.2, 0.25) is 10.0 Å². The Bertz CT molecular complexity index is 891.